The lowest BCUT2D eigenvalue weighted by Crippen LogP contribution is -2.40. The topological polar surface area (TPSA) is 77.3 Å². The Morgan fingerprint density at radius 2 is 2.41 bits per heavy atom. The van der Waals surface area contributed by atoms with Crippen molar-refractivity contribution in [3.05, 3.63) is 41.9 Å². The van der Waals surface area contributed by atoms with Gasteiger partial charge in [-0.05, 0) is 18.9 Å². The number of hydrogen-bond donors (Lipinski definition) is 1. The number of hydrogen-bond acceptors (Lipinski definition) is 4. The number of rotatable bonds is 4. The van der Waals surface area contributed by atoms with Gasteiger partial charge in [-0.15, -0.1) is 0 Å². The van der Waals surface area contributed by atoms with Crippen LogP contribution < -0.4 is 5.73 Å². The summed E-state index contributed by atoms with van der Waals surface area (Å²) in [4.78, 5) is 18.9. The van der Waals surface area contributed by atoms with Crippen LogP contribution in [0.3, 0.4) is 0 Å². The van der Waals surface area contributed by atoms with E-state index < -0.39 is 0 Å². The predicted octanol–water partition coefficient (Wildman–Crippen LogP) is 1.97. The summed E-state index contributed by atoms with van der Waals surface area (Å²) in [6.07, 6.45) is 8.33. The fraction of sp³-hybridized carbons (Fsp3) is 0.500. The molecule has 118 valence electrons. The SMILES string of the molecule is CCc1nccn1C1CCCN(C(=O)c2coc(CN)c2)C1. The first kappa shape index (κ1) is 14.8. The minimum Gasteiger partial charge on any atom is -0.467 e. The van der Waals surface area contributed by atoms with E-state index in [-0.39, 0.29) is 5.91 Å². The van der Waals surface area contributed by atoms with Gasteiger partial charge in [-0.25, -0.2) is 4.98 Å². The van der Waals surface area contributed by atoms with Crippen molar-refractivity contribution >= 4 is 5.91 Å². The van der Waals surface area contributed by atoms with E-state index in [0.29, 0.717) is 30.5 Å². The Labute approximate surface area is 129 Å². The van der Waals surface area contributed by atoms with Crippen LogP contribution in [0.2, 0.25) is 0 Å². The summed E-state index contributed by atoms with van der Waals surface area (Å²) in [7, 11) is 0. The summed E-state index contributed by atoms with van der Waals surface area (Å²) in [5.74, 6) is 1.74. The van der Waals surface area contributed by atoms with Gasteiger partial charge < -0.3 is 19.6 Å². The quantitative estimate of drug-likeness (QED) is 0.936. The molecular weight excluding hydrogens is 280 g/mol. The molecule has 0 aliphatic carbocycles. The summed E-state index contributed by atoms with van der Waals surface area (Å²) >= 11 is 0. The van der Waals surface area contributed by atoms with Crippen LogP contribution in [0.4, 0.5) is 0 Å². The molecule has 2 N–H and O–H groups in total. The molecule has 0 aromatic carbocycles. The number of amides is 1. The Bertz CT molecular complexity index is 646. The number of imidazole rings is 1. The molecule has 22 heavy (non-hydrogen) atoms. The van der Waals surface area contributed by atoms with Gasteiger partial charge in [-0.2, -0.15) is 0 Å². The van der Waals surface area contributed by atoms with Crippen molar-refractivity contribution in [1.29, 1.82) is 0 Å². The fourth-order valence-corrected chi connectivity index (χ4v) is 3.10. The van der Waals surface area contributed by atoms with E-state index in [1.54, 1.807) is 6.07 Å². The van der Waals surface area contributed by atoms with Gasteiger partial charge in [0.25, 0.3) is 5.91 Å². The maximum absolute atomic E-state index is 12.6. The van der Waals surface area contributed by atoms with Crippen molar-refractivity contribution in [1.82, 2.24) is 14.5 Å². The van der Waals surface area contributed by atoms with Gasteiger partial charge in [0.1, 0.15) is 17.8 Å². The van der Waals surface area contributed by atoms with Gasteiger partial charge in [-0.1, -0.05) is 6.92 Å². The lowest BCUT2D eigenvalue weighted by atomic mass is 10.0. The molecule has 0 spiro atoms. The van der Waals surface area contributed by atoms with Gasteiger partial charge in [0.2, 0.25) is 0 Å². The van der Waals surface area contributed by atoms with Crippen molar-refractivity contribution in [2.45, 2.75) is 38.8 Å². The number of aryl methyl sites for hydroxylation is 1. The largest absolute Gasteiger partial charge is 0.467 e. The summed E-state index contributed by atoms with van der Waals surface area (Å²) in [5.41, 5.74) is 6.12. The number of nitrogens with zero attached hydrogens (tertiary/aromatic N) is 3. The first-order chi connectivity index (χ1) is 10.7. The normalized spacial score (nSPS) is 18.6. The standard InChI is InChI=1S/C16H22N4O2/c1-2-15-18-5-7-20(15)13-4-3-6-19(10-13)16(21)12-8-14(9-17)22-11-12/h5,7-8,11,13H,2-4,6,9-10,17H2,1H3. The van der Waals surface area contributed by atoms with E-state index in [1.165, 1.54) is 6.26 Å². The number of furan rings is 1. The number of carbonyl (C=O) groups is 1. The monoisotopic (exact) mass is 302 g/mol. The van der Waals surface area contributed by atoms with Crippen molar-refractivity contribution in [3.8, 4) is 0 Å². The molecular formula is C16H22N4O2. The second-order valence-corrected chi connectivity index (χ2v) is 5.66. The maximum Gasteiger partial charge on any atom is 0.257 e. The average molecular weight is 302 g/mol. The zero-order valence-corrected chi connectivity index (χ0v) is 12.9. The third-order valence-corrected chi connectivity index (χ3v) is 4.24. The molecule has 2 aromatic heterocycles. The van der Waals surface area contributed by atoms with Crippen molar-refractivity contribution in [2.24, 2.45) is 5.73 Å². The average Bonchev–Trinajstić information content (AvgIpc) is 3.23. The minimum atomic E-state index is 0.0197. The molecule has 0 saturated carbocycles. The number of nitrogens with two attached hydrogens (primary N) is 1. The Hall–Kier alpha value is -2.08. The maximum atomic E-state index is 12.6. The highest BCUT2D eigenvalue weighted by Gasteiger charge is 2.27. The van der Waals surface area contributed by atoms with Crippen molar-refractivity contribution in [3.63, 3.8) is 0 Å². The lowest BCUT2D eigenvalue weighted by molar-refractivity contribution is 0.0677. The van der Waals surface area contributed by atoms with Crippen molar-refractivity contribution < 1.29 is 9.21 Å². The molecule has 1 amide bonds. The van der Waals surface area contributed by atoms with Crippen LogP contribution in [0.5, 0.6) is 0 Å². The molecule has 6 nitrogen and oxygen atoms in total. The Morgan fingerprint density at radius 3 is 3.14 bits per heavy atom. The summed E-state index contributed by atoms with van der Waals surface area (Å²) in [6.45, 7) is 3.91. The Balaban J connectivity index is 1.74. The number of likely N-dealkylation sites (tertiary alicyclic amines) is 1. The first-order valence-corrected chi connectivity index (χ1v) is 7.81. The molecule has 0 bridgehead atoms. The van der Waals surface area contributed by atoms with Crippen LogP contribution >= 0.6 is 0 Å². The fourth-order valence-electron chi connectivity index (χ4n) is 3.10. The van der Waals surface area contributed by atoms with Crippen LogP contribution in [0, 0.1) is 0 Å². The number of aromatic nitrogens is 2. The van der Waals surface area contributed by atoms with Crippen LogP contribution in [0.1, 0.15) is 47.7 Å². The molecule has 1 fully saturated rings. The Kier molecular flexibility index (Phi) is 4.29. The zero-order valence-electron chi connectivity index (χ0n) is 12.9. The van der Waals surface area contributed by atoms with E-state index >= 15 is 0 Å². The van der Waals surface area contributed by atoms with Gasteiger partial charge in [0.05, 0.1) is 18.2 Å². The van der Waals surface area contributed by atoms with Crippen LogP contribution in [-0.2, 0) is 13.0 Å². The van der Waals surface area contributed by atoms with E-state index in [0.717, 1.165) is 31.6 Å². The summed E-state index contributed by atoms with van der Waals surface area (Å²) in [6, 6.07) is 2.04. The summed E-state index contributed by atoms with van der Waals surface area (Å²) in [5, 5.41) is 0. The van der Waals surface area contributed by atoms with Gasteiger partial charge in [0, 0.05) is 31.9 Å². The highest BCUT2D eigenvalue weighted by atomic mass is 16.3. The number of carbonyl (C=O) groups excluding carboxylic acids is 1. The third kappa shape index (κ3) is 2.78. The van der Waals surface area contributed by atoms with Crippen molar-refractivity contribution in [2.75, 3.05) is 13.1 Å². The van der Waals surface area contributed by atoms with Crippen LogP contribution in [-0.4, -0.2) is 33.4 Å². The van der Waals surface area contributed by atoms with E-state index in [1.807, 2.05) is 17.3 Å². The Morgan fingerprint density at radius 1 is 1.55 bits per heavy atom. The molecule has 0 radical (unpaired) electrons. The molecule has 2 aromatic rings. The zero-order chi connectivity index (χ0) is 15.5. The van der Waals surface area contributed by atoms with Crippen LogP contribution in [0.25, 0.3) is 0 Å². The molecule has 6 heteroatoms. The lowest BCUT2D eigenvalue weighted by Gasteiger charge is -2.33. The van der Waals surface area contributed by atoms with E-state index in [9.17, 15) is 4.79 Å². The van der Waals surface area contributed by atoms with Gasteiger partial charge in [-0.3, -0.25) is 4.79 Å². The van der Waals surface area contributed by atoms with Gasteiger partial charge in [0.15, 0.2) is 0 Å². The molecule has 1 atom stereocenters. The minimum absolute atomic E-state index is 0.0197. The molecule has 1 unspecified atom stereocenters. The predicted molar refractivity (Wildman–Crippen MR) is 82.4 cm³/mol. The molecule has 1 aliphatic heterocycles. The highest BCUT2D eigenvalue weighted by Crippen LogP contribution is 2.24. The molecule has 1 saturated heterocycles. The molecule has 3 rings (SSSR count). The highest BCUT2D eigenvalue weighted by molar-refractivity contribution is 5.94. The van der Waals surface area contributed by atoms with E-state index in [2.05, 4.69) is 16.5 Å². The second-order valence-electron chi connectivity index (χ2n) is 5.66. The number of piperidine rings is 1. The molecule has 3 heterocycles. The van der Waals surface area contributed by atoms with E-state index in [4.69, 9.17) is 10.2 Å². The second kappa shape index (κ2) is 6.36. The van der Waals surface area contributed by atoms with Gasteiger partial charge >= 0.3 is 0 Å². The summed E-state index contributed by atoms with van der Waals surface area (Å²) < 4.78 is 7.48. The molecule has 1 aliphatic rings. The van der Waals surface area contributed by atoms with Crippen LogP contribution in [0.15, 0.2) is 29.1 Å². The first-order valence-electron chi connectivity index (χ1n) is 7.81. The smallest absolute Gasteiger partial charge is 0.257 e. The third-order valence-electron chi connectivity index (χ3n) is 4.24.